The first kappa shape index (κ1) is 77.5. The van der Waals surface area contributed by atoms with Crippen molar-refractivity contribution in [2.24, 2.45) is 0 Å². The van der Waals surface area contributed by atoms with Crippen LogP contribution in [0.25, 0.3) is 0 Å². The Hall–Kier alpha value is -1.64. The van der Waals surface area contributed by atoms with Gasteiger partial charge in [-0.25, -0.2) is 0 Å². The van der Waals surface area contributed by atoms with Gasteiger partial charge in [0.15, 0.2) is 31.5 Å². The van der Waals surface area contributed by atoms with Gasteiger partial charge in [-0.15, -0.1) is 0 Å². The van der Waals surface area contributed by atoms with Crippen LogP contribution in [-0.4, -0.2) is 411 Å². The smallest absolute Gasteiger partial charge is 0.224 e. The summed E-state index contributed by atoms with van der Waals surface area (Å²) in [4.78, 5) is 0. The summed E-state index contributed by atoms with van der Waals surface area (Å²) in [6.07, 6.45) is -53.1. The number of ether oxygens (including phenoxy) is 12. The predicted molar refractivity (Wildman–Crippen MR) is 250 cm³/mol. The number of aliphatic hydroxyl groups excluding tert-OH is 25. The van der Waals surface area contributed by atoms with Crippen LogP contribution in [0, 0.1) is 0 Å². The zero-order valence-corrected chi connectivity index (χ0v) is 43.3. The van der Waals surface area contributed by atoms with E-state index < -0.39 is 261 Å². The van der Waals surface area contributed by atoms with Gasteiger partial charge in [0.05, 0.1) is 46.2 Å². The lowest BCUT2D eigenvalue weighted by atomic mass is 9.98. The third-order valence-electron chi connectivity index (χ3n) is 14.4. The van der Waals surface area contributed by atoms with Crippen LogP contribution < -0.4 is 0 Å². The summed E-state index contributed by atoms with van der Waals surface area (Å²) in [5.74, 6) is -4.79. The van der Waals surface area contributed by atoms with Gasteiger partial charge >= 0.3 is 0 Å². The molecule has 41 heteroatoms. The maximum atomic E-state index is 10.5. The first-order chi connectivity index (χ1) is 37.2. The molecule has 7 aliphatic heterocycles. The fourth-order valence-electron chi connectivity index (χ4n) is 9.41. The molecule has 0 spiro atoms. The van der Waals surface area contributed by atoms with Crippen molar-refractivity contribution in [3.05, 3.63) is 0 Å². The molecule has 0 radical (unpaired) electrons. The summed E-state index contributed by atoms with van der Waals surface area (Å²) in [6, 6.07) is 0. The molecule has 7 saturated heterocycles. The van der Waals surface area contributed by atoms with E-state index in [1.807, 2.05) is 0 Å². The molecule has 0 bridgehead atoms. The van der Waals surface area contributed by atoms with Gasteiger partial charge < -0.3 is 206 Å². The molecular formula is C42H82O41. The van der Waals surface area contributed by atoms with Gasteiger partial charge in [-0.2, -0.15) is 0 Å². The SMILES string of the molecule is O.O.O.O.OC[C@H]1O[C@H](OC[C@H]2O[C@H](OC[C@H]3O[C@H](O[C@]4(CO)O[C@H](CO)[C@@H](O)[C@@H]4O)[C@H](O)[C@@H](O)[C@@H]3O)[C@H](O)[C@@H](O)[C@H]2O)[C@H](O)[C@@H](O)[C@H]1O.OC[C@H]1O[C@H](OC[C@H]2O[C@H](O[C@]3(CO)O[C@H](CO)[C@@H](O)[C@@H]3O)[C@H](O)[C@@H](O)[C@@H]2O)[C@H](O)[C@@H](O)[C@H]1O. The molecule has 0 aliphatic carbocycles. The van der Waals surface area contributed by atoms with Crippen LogP contribution >= 0.6 is 0 Å². The average molecular weight is 1240 g/mol. The highest BCUT2D eigenvalue weighted by molar-refractivity contribution is 5.01. The standard InChI is InChI=1S/C24H42O21.C18H32O16.4H2O/c25-1-6-10(28)14(32)17(35)21(41-6)39-3-8-11(29)15(33)18(36)22(42-8)40-4-9-12(30)16(34)19(37)23(43-9)45-24(5-27)20(38)13(31)7(2-26)44-24;19-1-5-8(22)11(25)13(27)16(31-5)30-3-7-9(23)12(26)14(28)17(32-7)34-18(4-21)15(29)10(24)6(2-20)33-18;;;;/h6-23,25-38H,1-5H2;5-17,19-29H,1-4H2;4*1H2/t6-,7-,8-,9-,10+,11+,12-,13-,14+,15+,16+,17-,18-,19-,20+,21+,22+,23-,24+;5-,6-,7-,8+,9-,10-,11+,12+,13-,14-,15+,16+,17-,18+;;;;/m11..../s1. The molecular weight excluding hydrogens is 1160 g/mol. The zero-order chi connectivity index (χ0) is 58.7. The number of aliphatic hydroxyl groups is 25. The Bertz CT molecular complexity index is 1840. The van der Waals surface area contributed by atoms with E-state index in [4.69, 9.17) is 56.8 Å². The van der Waals surface area contributed by atoms with E-state index in [-0.39, 0.29) is 21.9 Å². The first-order valence-electron chi connectivity index (χ1n) is 24.6. The van der Waals surface area contributed by atoms with E-state index in [1.165, 1.54) is 0 Å². The monoisotopic (exact) mass is 1240 g/mol. The first-order valence-corrected chi connectivity index (χ1v) is 24.6. The van der Waals surface area contributed by atoms with Crippen molar-refractivity contribution >= 4 is 0 Å². The highest BCUT2D eigenvalue weighted by Crippen LogP contribution is 2.38. The topological polar surface area (TPSA) is 743 Å². The van der Waals surface area contributed by atoms with E-state index in [0.29, 0.717) is 0 Å². The van der Waals surface area contributed by atoms with Gasteiger partial charge in [0.2, 0.25) is 11.6 Å². The van der Waals surface area contributed by atoms with Crippen molar-refractivity contribution in [1.29, 1.82) is 0 Å². The Kier molecular flexibility index (Phi) is 30.5. The van der Waals surface area contributed by atoms with Crippen LogP contribution in [0.1, 0.15) is 0 Å². The van der Waals surface area contributed by atoms with Crippen molar-refractivity contribution in [1.82, 2.24) is 0 Å². The van der Waals surface area contributed by atoms with E-state index in [0.717, 1.165) is 0 Å². The van der Waals surface area contributed by atoms with E-state index in [1.54, 1.807) is 0 Å². The molecule has 7 rings (SSSR count). The minimum absolute atomic E-state index is 0. The number of rotatable bonds is 19. The molecule has 496 valence electrons. The Morgan fingerprint density at radius 2 is 0.470 bits per heavy atom. The summed E-state index contributed by atoms with van der Waals surface area (Å²) in [5, 5.41) is 250. The molecule has 0 saturated carbocycles. The van der Waals surface area contributed by atoms with Gasteiger partial charge in [-0.1, -0.05) is 0 Å². The van der Waals surface area contributed by atoms with E-state index in [9.17, 15) is 128 Å². The van der Waals surface area contributed by atoms with Gasteiger partial charge in [0.25, 0.3) is 0 Å². The lowest BCUT2D eigenvalue weighted by Gasteiger charge is -2.45. The van der Waals surface area contributed by atoms with Crippen LogP contribution in [0.4, 0.5) is 0 Å². The lowest BCUT2D eigenvalue weighted by molar-refractivity contribution is -0.388. The van der Waals surface area contributed by atoms with E-state index in [2.05, 4.69) is 0 Å². The minimum atomic E-state index is -2.43. The number of hydrogen-bond donors (Lipinski definition) is 25. The largest absolute Gasteiger partial charge is 0.412 e. The predicted octanol–water partition coefficient (Wildman–Crippen LogP) is -20.6. The van der Waals surface area contributed by atoms with Crippen LogP contribution in [0.3, 0.4) is 0 Å². The molecule has 0 aromatic rings. The molecule has 0 unspecified atom stereocenters. The van der Waals surface area contributed by atoms with Crippen LogP contribution in [-0.2, 0) is 56.8 Å². The van der Waals surface area contributed by atoms with Crippen LogP contribution in [0.2, 0.25) is 0 Å². The second kappa shape index (κ2) is 32.7. The molecule has 83 heavy (non-hydrogen) atoms. The normalized spacial score (nSPS) is 49.9. The van der Waals surface area contributed by atoms with Crippen molar-refractivity contribution in [2.75, 3.05) is 59.5 Å². The zero-order valence-electron chi connectivity index (χ0n) is 43.3. The molecule has 33 atom stereocenters. The van der Waals surface area contributed by atoms with Gasteiger partial charge in [-0.05, 0) is 0 Å². The third kappa shape index (κ3) is 16.0. The molecule has 7 heterocycles. The molecule has 7 aliphatic rings. The Balaban J connectivity index is 0.000000559. The summed E-state index contributed by atoms with van der Waals surface area (Å²) in [5.41, 5.74) is 0. The molecule has 0 aromatic carbocycles. The van der Waals surface area contributed by atoms with Crippen LogP contribution in [0.15, 0.2) is 0 Å². The average Bonchev–Trinajstić information content (AvgIpc) is 3.91. The van der Waals surface area contributed by atoms with Gasteiger partial charge in [0, 0.05) is 0 Å². The third-order valence-corrected chi connectivity index (χ3v) is 14.4. The number of hydrogen-bond acceptors (Lipinski definition) is 37. The summed E-state index contributed by atoms with van der Waals surface area (Å²) < 4.78 is 64.0. The molecule has 41 nitrogen and oxygen atoms in total. The van der Waals surface area contributed by atoms with Gasteiger partial charge in [-0.3, -0.25) is 0 Å². The maximum absolute atomic E-state index is 10.5. The summed E-state index contributed by atoms with van der Waals surface area (Å²) in [6.45, 7) is -7.16. The fourth-order valence-corrected chi connectivity index (χ4v) is 9.41. The van der Waals surface area contributed by atoms with Crippen molar-refractivity contribution in [2.45, 2.75) is 202 Å². The fraction of sp³-hybridized carbons (Fsp3) is 1.00. The van der Waals surface area contributed by atoms with Crippen molar-refractivity contribution < 1.29 is 206 Å². The lowest BCUT2D eigenvalue weighted by Crippen LogP contribution is -2.64. The van der Waals surface area contributed by atoms with E-state index >= 15 is 0 Å². The highest BCUT2D eigenvalue weighted by atomic mass is 16.8. The Morgan fingerprint density at radius 1 is 0.253 bits per heavy atom. The second-order valence-corrected chi connectivity index (χ2v) is 19.7. The maximum Gasteiger partial charge on any atom is 0.224 e. The Labute approximate surface area is 467 Å². The molecule has 0 aromatic heterocycles. The molecule has 0 amide bonds. The second-order valence-electron chi connectivity index (χ2n) is 19.7. The van der Waals surface area contributed by atoms with Crippen molar-refractivity contribution in [3.8, 4) is 0 Å². The Morgan fingerprint density at radius 3 is 0.699 bits per heavy atom. The summed E-state index contributed by atoms with van der Waals surface area (Å²) >= 11 is 0. The quantitative estimate of drug-likeness (QED) is 0.0571. The minimum Gasteiger partial charge on any atom is -0.412 e. The van der Waals surface area contributed by atoms with Crippen molar-refractivity contribution in [3.63, 3.8) is 0 Å². The van der Waals surface area contributed by atoms with Gasteiger partial charge in [0.1, 0.15) is 172 Å². The molecule has 33 N–H and O–H groups in total. The highest BCUT2D eigenvalue weighted by Gasteiger charge is 2.61. The molecule has 7 fully saturated rings. The van der Waals surface area contributed by atoms with Crippen LogP contribution in [0.5, 0.6) is 0 Å². The summed E-state index contributed by atoms with van der Waals surface area (Å²) in [7, 11) is 0.